The molecule has 1 aromatic carbocycles. The Hall–Kier alpha value is -1.06. The number of hydrogen-bond donors (Lipinski definition) is 2. The van der Waals surface area contributed by atoms with E-state index in [9.17, 15) is 5.11 Å². The Bertz CT molecular complexity index is 370. The molecule has 3 heteroatoms. The van der Waals surface area contributed by atoms with Crippen molar-refractivity contribution >= 4 is 0 Å². The smallest absolute Gasteiger partial charge is 0.122 e. The average molecular weight is 237 g/mol. The summed E-state index contributed by atoms with van der Waals surface area (Å²) in [6.45, 7) is 6.38. The summed E-state index contributed by atoms with van der Waals surface area (Å²) in [6, 6.07) is 5.79. The number of benzene rings is 1. The van der Waals surface area contributed by atoms with E-state index in [0.717, 1.165) is 16.9 Å². The first-order chi connectivity index (χ1) is 7.98. The Morgan fingerprint density at radius 1 is 1.41 bits per heavy atom. The van der Waals surface area contributed by atoms with Gasteiger partial charge in [-0.15, -0.1) is 0 Å². The van der Waals surface area contributed by atoms with Crippen molar-refractivity contribution in [2.24, 2.45) is 5.73 Å². The van der Waals surface area contributed by atoms with Gasteiger partial charge in [0, 0.05) is 6.54 Å². The number of hydrogen-bond acceptors (Lipinski definition) is 3. The molecule has 1 rings (SSSR count). The molecule has 96 valence electrons. The second-order valence-electron chi connectivity index (χ2n) is 4.70. The van der Waals surface area contributed by atoms with E-state index in [-0.39, 0.29) is 6.54 Å². The molecule has 1 aromatic rings. The SMILES string of the molecule is CCC(O)(CN)c1ccc(OC)c(C(C)C)c1. The first kappa shape index (κ1) is 14.0. The average Bonchev–Trinajstić information content (AvgIpc) is 2.36. The molecule has 1 unspecified atom stereocenters. The monoisotopic (exact) mass is 237 g/mol. The molecule has 17 heavy (non-hydrogen) atoms. The van der Waals surface area contributed by atoms with Crippen LogP contribution in [0, 0.1) is 0 Å². The summed E-state index contributed by atoms with van der Waals surface area (Å²) in [5.41, 5.74) is 6.70. The number of nitrogens with two attached hydrogens (primary N) is 1. The summed E-state index contributed by atoms with van der Waals surface area (Å²) in [7, 11) is 1.66. The van der Waals surface area contributed by atoms with Gasteiger partial charge in [0.25, 0.3) is 0 Å². The third kappa shape index (κ3) is 2.79. The summed E-state index contributed by atoms with van der Waals surface area (Å²) in [4.78, 5) is 0. The van der Waals surface area contributed by atoms with E-state index in [2.05, 4.69) is 13.8 Å². The predicted octanol–water partition coefficient (Wildman–Crippen LogP) is 2.37. The van der Waals surface area contributed by atoms with Gasteiger partial charge in [0.15, 0.2) is 0 Å². The highest BCUT2D eigenvalue weighted by Crippen LogP contribution is 2.32. The van der Waals surface area contributed by atoms with Crippen LogP contribution in [0.15, 0.2) is 18.2 Å². The lowest BCUT2D eigenvalue weighted by Gasteiger charge is -2.27. The zero-order valence-corrected chi connectivity index (χ0v) is 11.2. The molecule has 0 bridgehead atoms. The summed E-state index contributed by atoms with van der Waals surface area (Å²) in [5, 5.41) is 10.4. The van der Waals surface area contributed by atoms with Gasteiger partial charge >= 0.3 is 0 Å². The highest BCUT2D eigenvalue weighted by atomic mass is 16.5. The van der Waals surface area contributed by atoms with Crippen LogP contribution in [0.5, 0.6) is 5.75 Å². The van der Waals surface area contributed by atoms with Gasteiger partial charge in [0.05, 0.1) is 7.11 Å². The molecule has 0 aliphatic rings. The van der Waals surface area contributed by atoms with E-state index in [4.69, 9.17) is 10.5 Å². The fourth-order valence-corrected chi connectivity index (χ4v) is 1.94. The highest BCUT2D eigenvalue weighted by molar-refractivity contribution is 5.41. The molecule has 0 amide bonds. The van der Waals surface area contributed by atoms with Crippen LogP contribution < -0.4 is 10.5 Å². The zero-order valence-electron chi connectivity index (χ0n) is 11.2. The molecule has 0 spiro atoms. The third-order valence-corrected chi connectivity index (χ3v) is 3.31. The highest BCUT2D eigenvalue weighted by Gasteiger charge is 2.26. The van der Waals surface area contributed by atoms with Crippen molar-refractivity contribution in [3.63, 3.8) is 0 Å². The van der Waals surface area contributed by atoms with Gasteiger partial charge in [0.1, 0.15) is 11.4 Å². The summed E-state index contributed by atoms with van der Waals surface area (Å²) < 4.78 is 5.33. The zero-order chi connectivity index (χ0) is 13.1. The predicted molar refractivity (Wildman–Crippen MR) is 70.3 cm³/mol. The molecule has 3 N–H and O–H groups in total. The second-order valence-corrected chi connectivity index (χ2v) is 4.70. The maximum atomic E-state index is 10.4. The molecular weight excluding hydrogens is 214 g/mol. The van der Waals surface area contributed by atoms with Gasteiger partial charge in [-0.2, -0.15) is 0 Å². The van der Waals surface area contributed by atoms with Gasteiger partial charge < -0.3 is 15.6 Å². The fourth-order valence-electron chi connectivity index (χ4n) is 1.94. The molecule has 1 atom stereocenters. The van der Waals surface area contributed by atoms with E-state index in [1.807, 2.05) is 25.1 Å². The van der Waals surface area contributed by atoms with Crippen molar-refractivity contribution in [1.82, 2.24) is 0 Å². The molecule has 0 saturated carbocycles. The Balaban J connectivity index is 3.25. The topological polar surface area (TPSA) is 55.5 Å². The standard InChI is InChI=1S/C14H23NO2/c1-5-14(16,9-15)11-6-7-13(17-4)12(8-11)10(2)3/h6-8,10,16H,5,9,15H2,1-4H3. The van der Waals surface area contributed by atoms with Crippen molar-refractivity contribution in [3.8, 4) is 5.75 Å². The van der Waals surface area contributed by atoms with Crippen molar-refractivity contribution in [1.29, 1.82) is 0 Å². The van der Waals surface area contributed by atoms with Crippen LogP contribution in [0.3, 0.4) is 0 Å². The van der Waals surface area contributed by atoms with Crippen LogP contribution in [-0.2, 0) is 5.60 Å². The second kappa shape index (κ2) is 5.52. The lowest BCUT2D eigenvalue weighted by Crippen LogP contribution is -2.34. The quantitative estimate of drug-likeness (QED) is 0.826. The van der Waals surface area contributed by atoms with Gasteiger partial charge in [-0.3, -0.25) is 0 Å². The minimum absolute atomic E-state index is 0.230. The molecular formula is C14H23NO2. The van der Waals surface area contributed by atoms with E-state index < -0.39 is 5.60 Å². The van der Waals surface area contributed by atoms with Crippen LogP contribution in [0.1, 0.15) is 44.2 Å². The van der Waals surface area contributed by atoms with Crippen LogP contribution in [0.4, 0.5) is 0 Å². The van der Waals surface area contributed by atoms with Crippen molar-refractivity contribution in [2.75, 3.05) is 13.7 Å². The Labute approximate surface area is 104 Å². The maximum Gasteiger partial charge on any atom is 0.122 e. The lowest BCUT2D eigenvalue weighted by atomic mass is 9.88. The minimum Gasteiger partial charge on any atom is -0.496 e. The Morgan fingerprint density at radius 3 is 2.47 bits per heavy atom. The van der Waals surface area contributed by atoms with Crippen LogP contribution in [-0.4, -0.2) is 18.8 Å². The molecule has 0 fully saturated rings. The Morgan fingerprint density at radius 2 is 2.06 bits per heavy atom. The van der Waals surface area contributed by atoms with E-state index >= 15 is 0 Å². The van der Waals surface area contributed by atoms with Crippen LogP contribution in [0.2, 0.25) is 0 Å². The van der Waals surface area contributed by atoms with Gasteiger partial charge in [-0.1, -0.05) is 26.8 Å². The number of rotatable bonds is 5. The van der Waals surface area contributed by atoms with Gasteiger partial charge in [0.2, 0.25) is 0 Å². The molecule has 0 radical (unpaired) electrons. The van der Waals surface area contributed by atoms with E-state index in [1.54, 1.807) is 7.11 Å². The number of methoxy groups -OCH3 is 1. The lowest BCUT2D eigenvalue weighted by molar-refractivity contribution is 0.0417. The molecule has 0 aliphatic carbocycles. The fraction of sp³-hybridized carbons (Fsp3) is 0.571. The first-order valence-corrected chi connectivity index (χ1v) is 6.09. The van der Waals surface area contributed by atoms with Crippen LogP contribution in [0.25, 0.3) is 0 Å². The van der Waals surface area contributed by atoms with Crippen molar-refractivity contribution in [3.05, 3.63) is 29.3 Å². The molecule has 3 nitrogen and oxygen atoms in total. The van der Waals surface area contributed by atoms with Gasteiger partial charge in [-0.25, -0.2) is 0 Å². The van der Waals surface area contributed by atoms with Crippen molar-refractivity contribution < 1.29 is 9.84 Å². The third-order valence-electron chi connectivity index (χ3n) is 3.31. The number of aliphatic hydroxyl groups is 1. The maximum absolute atomic E-state index is 10.4. The largest absolute Gasteiger partial charge is 0.496 e. The molecule has 0 saturated heterocycles. The molecule has 0 heterocycles. The minimum atomic E-state index is -0.935. The Kier molecular flexibility index (Phi) is 4.54. The number of ether oxygens (including phenoxy) is 1. The summed E-state index contributed by atoms with van der Waals surface area (Å²) in [5.74, 6) is 1.21. The van der Waals surface area contributed by atoms with Crippen LogP contribution >= 0.6 is 0 Å². The summed E-state index contributed by atoms with van der Waals surface area (Å²) in [6.07, 6.45) is 0.605. The normalized spacial score (nSPS) is 14.8. The molecule has 0 aliphatic heterocycles. The van der Waals surface area contributed by atoms with Crippen molar-refractivity contribution in [2.45, 2.75) is 38.7 Å². The molecule has 0 aromatic heterocycles. The first-order valence-electron chi connectivity index (χ1n) is 6.09. The summed E-state index contributed by atoms with van der Waals surface area (Å²) >= 11 is 0. The van der Waals surface area contributed by atoms with E-state index in [1.165, 1.54) is 0 Å². The van der Waals surface area contributed by atoms with E-state index in [0.29, 0.717) is 12.3 Å². The van der Waals surface area contributed by atoms with Gasteiger partial charge in [-0.05, 0) is 35.6 Å².